The van der Waals surface area contributed by atoms with Gasteiger partial charge in [-0.1, -0.05) is 11.6 Å². The van der Waals surface area contributed by atoms with Crippen LogP contribution in [0.25, 0.3) is 0 Å². The van der Waals surface area contributed by atoms with Crippen molar-refractivity contribution in [3.8, 4) is 0 Å². The van der Waals surface area contributed by atoms with Crippen molar-refractivity contribution in [2.24, 2.45) is 0 Å². The molecule has 0 aliphatic carbocycles. The van der Waals surface area contributed by atoms with Gasteiger partial charge in [-0.3, -0.25) is 0 Å². The fraction of sp³-hybridized carbons (Fsp3) is 0.333. The highest BCUT2D eigenvalue weighted by Crippen LogP contribution is 2.52. The normalized spacial score (nSPS) is 12.6. The Kier molecular flexibility index (Phi) is 3.68. The number of nitrogens with zero attached hydrogens (tertiary/aromatic N) is 1. The van der Waals surface area contributed by atoms with Gasteiger partial charge in [0.2, 0.25) is 0 Å². The quantitative estimate of drug-likeness (QED) is 0.853. The van der Waals surface area contributed by atoms with Crippen LogP contribution in [0, 0.1) is 0 Å². The monoisotopic (exact) mass is 311 g/mol. The van der Waals surface area contributed by atoms with Crippen molar-refractivity contribution in [2.75, 3.05) is 18.8 Å². The molecule has 1 rings (SSSR count). The third kappa shape index (κ3) is 2.65. The van der Waals surface area contributed by atoms with E-state index in [2.05, 4.69) is 20.9 Å². The van der Waals surface area contributed by atoms with Crippen LogP contribution in [0.1, 0.15) is 10.4 Å². The molecule has 0 atom stereocenters. The molecular formula is C9H11BrClNO2S. The lowest BCUT2D eigenvalue weighted by Crippen LogP contribution is -2.04. The summed E-state index contributed by atoms with van der Waals surface area (Å²) in [6.07, 6.45) is 7.37. The number of aromatic nitrogens is 1. The molecule has 0 spiro atoms. The third-order valence-corrected chi connectivity index (χ3v) is 4.76. The van der Waals surface area contributed by atoms with Crippen LogP contribution in [-0.2, 0) is 0 Å². The van der Waals surface area contributed by atoms with E-state index < -0.39 is 16.0 Å². The minimum Gasteiger partial charge on any atom is -0.478 e. The third-order valence-electron chi connectivity index (χ3n) is 1.77. The summed E-state index contributed by atoms with van der Waals surface area (Å²) in [7, 11) is -1.12. The van der Waals surface area contributed by atoms with Gasteiger partial charge in [0.1, 0.15) is 4.60 Å². The minimum absolute atomic E-state index is 0.0530. The molecular weight excluding hydrogens is 302 g/mol. The maximum atomic E-state index is 10.9. The van der Waals surface area contributed by atoms with Gasteiger partial charge in [-0.05, 0) is 34.7 Å². The molecule has 84 valence electrons. The minimum atomic E-state index is -1.12. The number of pyridine rings is 1. The molecule has 0 aromatic carbocycles. The van der Waals surface area contributed by atoms with Crippen molar-refractivity contribution in [3.05, 3.63) is 21.4 Å². The highest BCUT2D eigenvalue weighted by Gasteiger charge is 2.22. The van der Waals surface area contributed by atoms with E-state index in [1.807, 2.05) is 18.8 Å². The van der Waals surface area contributed by atoms with Gasteiger partial charge < -0.3 is 5.11 Å². The average Bonchev–Trinajstić information content (AvgIpc) is 2.00. The largest absolute Gasteiger partial charge is 0.478 e. The molecule has 1 N–H and O–H groups in total. The molecule has 0 saturated carbocycles. The summed E-state index contributed by atoms with van der Waals surface area (Å²) in [5, 5.41) is 9.20. The van der Waals surface area contributed by atoms with Gasteiger partial charge >= 0.3 is 5.97 Å². The number of aromatic carboxylic acids is 1. The van der Waals surface area contributed by atoms with Crippen LogP contribution in [-0.4, -0.2) is 34.8 Å². The van der Waals surface area contributed by atoms with Crippen molar-refractivity contribution in [1.82, 2.24) is 4.98 Å². The standard InChI is InChI=1S/C9H11BrClNO2S/c1-15(2,3)7-6(11)5(9(13)14)4-12-8(7)10/h4H,1-3H3,(H,13,14). The van der Waals surface area contributed by atoms with Crippen LogP contribution in [0.4, 0.5) is 0 Å². The van der Waals surface area contributed by atoms with Gasteiger partial charge in [0.25, 0.3) is 0 Å². The lowest BCUT2D eigenvalue weighted by Gasteiger charge is -2.28. The molecule has 3 nitrogen and oxygen atoms in total. The zero-order valence-electron chi connectivity index (χ0n) is 8.54. The van der Waals surface area contributed by atoms with E-state index in [-0.39, 0.29) is 10.6 Å². The van der Waals surface area contributed by atoms with Crippen molar-refractivity contribution in [1.29, 1.82) is 0 Å². The maximum Gasteiger partial charge on any atom is 0.338 e. The van der Waals surface area contributed by atoms with Crippen molar-refractivity contribution in [2.45, 2.75) is 4.90 Å². The summed E-state index contributed by atoms with van der Waals surface area (Å²) >= 11 is 9.36. The van der Waals surface area contributed by atoms with E-state index >= 15 is 0 Å². The molecule has 0 aliphatic rings. The highest BCUT2D eigenvalue weighted by molar-refractivity contribution is 9.10. The number of carbonyl (C=O) groups is 1. The zero-order valence-corrected chi connectivity index (χ0v) is 11.7. The molecule has 15 heavy (non-hydrogen) atoms. The second kappa shape index (κ2) is 4.31. The number of carboxylic acid groups (broad SMARTS) is 1. The van der Waals surface area contributed by atoms with Crippen LogP contribution in [0.2, 0.25) is 5.02 Å². The van der Waals surface area contributed by atoms with Gasteiger partial charge in [0, 0.05) is 11.1 Å². The van der Waals surface area contributed by atoms with Gasteiger partial charge in [0.15, 0.2) is 0 Å². The molecule has 0 unspecified atom stereocenters. The van der Waals surface area contributed by atoms with Gasteiger partial charge in [-0.25, -0.2) is 19.8 Å². The lowest BCUT2D eigenvalue weighted by molar-refractivity contribution is 0.0696. The summed E-state index contributed by atoms with van der Waals surface area (Å²) in [5.74, 6) is -1.05. The summed E-state index contributed by atoms with van der Waals surface area (Å²) < 4.78 is 0.625. The Hall–Kier alpha value is -0.260. The molecule has 0 saturated heterocycles. The van der Waals surface area contributed by atoms with Gasteiger partial charge in [0.05, 0.1) is 10.6 Å². The number of carboxylic acids is 1. The second-order valence-corrected chi connectivity index (χ2v) is 8.96. The lowest BCUT2D eigenvalue weighted by atomic mass is 10.3. The van der Waals surface area contributed by atoms with Crippen LogP contribution < -0.4 is 0 Å². The first kappa shape index (κ1) is 12.8. The maximum absolute atomic E-state index is 10.9. The number of hydrogen-bond acceptors (Lipinski definition) is 2. The predicted octanol–water partition coefficient (Wildman–Crippen LogP) is 3.25. The summed E-state index contributed by atoms with van der Waals surface area (Å²) in [4.78, 5) is 15.7. The molecule has 1 aromatic heterocycles. The summed E-state index contributed by atoms with van der Waals surface area (Å²) in [6, 6.07) is 0. The van der Waals surface area contributed by atoms with Crippen LogP contribution in [0.3, 0.4) is 0 Å². The Bertz CT molecular complexity index is 417. The Morgan fingerprint density at radius 2 is 2.07 bits per heavy atom. The SMILES string of the molecule is CS(C)(C)c1c(Br)ncc(C(=O)O)c1Cl. The Labute approximate surface area is 103 Å². The Morgan fingerprint density at radius 1 is 1.53 bits per heavy atom. The second-order valence-electron chi connectivity index (χ2n) is 3.75. The molecule has 6 heteroatoms. The van der Waals surface area contributed by atoms with E-state index in [1.165, 1.54) is 6.20 Å². The number of hydrogen-bond donors (Lipinski definition) is 1. The zero-order chi connectivity index (χ0) is 11.8. The molecule has 1 aromatic rings. The molecule has 0 amide bonds. The van der Waals surface area contributed by atoms with Crippen LogP contribution in [0.5, 0.6) is 0 Å². The van der Waals surface area contributed by atoms with E-state index in [0.717, 1.165) is 4.90 Å². The van der Waals surface area contributed by atoms with E-state index in [9.17, 15) is 4.79 Å². The average molecular weight is 313 g/mol. The molecule has 0 fully saturated rings. The highest BCUT2D eigenvalue weighted by atomic mass is 79.9. The summed E-state index contributed by atoms with van der Waals surface area (Å²) in [5.41, 5.74) is 0.0530. The van der Waals surface area contributed by atoms with Crippen molar-refractivity contribution < 1.29 is 9.90 Å². The first-order valence-electron chi connectivity index (χ1n) is 4.01. The Balaban J connectivity index is 3.51. The molecule has 1 heterocycles. The molecule has 0 radical (unpaired) electrons. The van der Waals surface area contributed by atoms with Gasteiger partial charge in [-0.15, -0.1) is 0 Å². The van der Waals surface area contributed by atoms with Gasteiger partial charge in [-0.2, -0.15) is 0 Å². The topological polar surface area (TPSA) is 50.2 Å². The van der Waals surface area contributed by atoms with E-state index in [4.69, 9.17) is 16.7 Å². The van der Waals surface area contributed by atoms with Crippen LogP contribution >= 0.6 is 37.6 Å². The summed E-state index contributed by atoms with van der Waals surface area (Å²) in [6.45, 7) is 0. The molecule has 0 bridgehead atoms. The predicted molar refractivity (Wildman–Crippen MR) is 67.5 cm³/mol. The van der Waals surface area contributed by atoms with Crippen LogP contribution in [0.15, 0.2) is 15.7 Å². The first-order valence-corrected chi connectivity index (χ1v) is 8.03. The van der Waals surface area contributed by atoms with Crippen molar-refractivity contribution >= 4 is 43.5 Å². The van der Waals surface area contributed by atoms with Crippen molar-refractivity contribution in [3.63, 3.8) is 0 Å². The number of rotatable bonds is 2. The smallest absolute Gasteiger partial charge is 0.338 e. The fourth-order valence-electron chi connectivity index (χ4n) is 1.12. The van der Waals surface area contributed by atoms with E-state index in [0.29, 0.717) is 4.60 Å². The Morgan fingerprint density at radius 3 is 2.47 bits per heavy atom. The number of halogens is 2. The first-order chi connectivity index (χ1) is 6.75. The fourth-order valence-corrected chi connectivity index (χ4v) is 5.11. The molecule has 0 aliphatic heterocycles. The van der Waals surface area contributed by atoms with E-state index in [1.54, 1.807) is 0 Å².